The van der Waals surface area contributed by atoms with E-state index < -0.39 is 48.5 Å². The van der Waals surface area contributed by atoms with Crippen LogP contribution in [0.15, 0.2) is 11.1 Å². The highest BCUT2D eigenvalue weighted by molar-refractivity contribution is 8.13. The molecule has 1 rings (SSSR count). The van der Waals surface area contributed by atoms with Crippen LogP contribution in [0.2, 0.25) is 0 Å². The summed E-state index contributed by atoms with van der Waals surface area (Å²) in [5.41, 5.74) is -6.12. The second kappa shape index (κ2) is 5.09. The van der Waals surface area contributed by atoms with E-state index in [1.54, 1.807) is 0 Å². The number of hydrogen-bond acceptors (Lipinski definition) is 5. The van der Waals surface area contributed by atoms with Gasteiger partial charge in [-0.15, -0.1) is 0 Å². The topological polar surface area (TPSA) is 90.2 Å². The van der Waals surface area contributed by atoms with Gasteiger partial charge < -0.3 is 0 Å². The third-order valence-electron chi connectivity index (χ3n) is 1.93. The number of hydrogen-bond donors (Lipinski definition) is 0. The van der Waals surface area contributed by atoms with Gasteiger partial charge in [0.05, 0.1) is 4.92 Å². The molecule has 112 valence electrons. The van der Waals surface area contributed by atoms with Crippen LogP contribution in [-0.2, 0) is 15.2 Å². The first kappa shape index (κ1) is 16.5. The fourth-order valence-corrected chi connectivity index (χ4v) is 1.92. The highest BCUT2D eigenvalue weighted by Crippen LogP contribution is 2.41. The predicted octanol–water partition coefficient (Wildman–Crippen LogP) is 2.87. The first-order chi connectivity index (χ1) is 8.85. The number of halogens is 6. The van der Waals surface area contributed by atoms with Crippen molar-refractivity contribution in [3.05, 3.63) is 27.4 Å². The van der Waals surface area contributed by atoms with E-state index in [9.17, 15) is 40.5 Å². The Kier molecular flexibility index (Phi) is 4.20. The normalized spacial score (nSPS) is 12.8. The van der Waals surface area contributed by atoms with Crippen LogP contribution in [0.25, 0.3) is 0 Å². The minimum absolute atomic E-state index is 0.0691. The maximum absolute atomic E-state index is 12.6. The highest BCUT2D eigenvalue weighted by atomic mass is 35.7. The Bertz CT molecular complexity index is 660. The molecular formula is C7H2ClF5N2O4S. The molecule has 1 aromatic heterocycles. The summed E-state index contributed by atoms with van der Waals surface area (Å²) in [7, 11) is -0.162. The predicted molar refractivity (Wildman–Crippen MR) is 53.9 cm³/mol. The van der Waals surface area contributed by atoms with Crippen LogP contribution in [0.4, 0.5) is 27.6 Å². The molecular weight excluding hydrogens is 339 g/mol. The fraction of sp³-hybridized carbons (Fsp3) is 0.286. The summed E-state index contributed by atoms with van der Waals surface area (Å²) >= 11 is 0. The van der Waals surface area contributed by atoms with E-state index in [-0.39, 0.29) is 6.07 Å². The van der Waals surface area contributed by atoms with Gasteiger partial charge in [-0.05, 0) is 6.07 Å². The lowest BCUT2D eigenvalue weighted by Crippen LogP contribution is -2.16. The molecule has 0 N–H and O–H groups in total. The maximum Gasteiger partial charge on any atom is 0.440 e. The Morgan fingerprint density at radius 1 is 1.35 bits per heavy atom. The quantitative estimate of drug-likeness (QED) is 0.365. The molecule has 13 heteroatoms. The first-order valence-electron chi connectivity index (χ1n) is 4.35. The van der Waals surface area contributed by atoms with Crippen LogP contribution in [0.3, 0.4) is 0 Å². The summed E-state index contributed by atoms with van der Waals surface area (Å²) in [6.45, 7) is 0. The molecule has 0 aliphatic carbocycles. The number of rotatable bonds is 3. The fourth-order valence-electron chi connectivity index (χ4n) is 1.21. The van der Waals surface area contributed by atoms with Crippen LogP contribution in [0.1, 0.15) is 17.7 Å². The molecule has 0 bridgehead atoms. The van der Waals surface area contributed by atoms with E-state index in [0.717, 1.165) is 0 Å². The standard InChI is InChI=1S/C7H2ClF5N2O4S/c8-20(18,19)3-1-2(6(9)10)4(15(16)17)5(14-3)7(11,12)13/h1,6H. The second-order valence-corrected chi connectivity index (χ2v) is 5.75. The molecule has 0 atom stereocenters. The molecule has 1 heterocycles. The summed E-state index contributed by atoms with van der Waals surface area (Å²) in [6.07, 6.45) is -9.24. The van der Waals surface area contributed by atoms with Crippen molar-refractivity contribution in [2.75, 3.05) is 0 Å². The third-order valence-corrected chi connectivity index (χ3v) is 3.12. The van der Waals surface area contributed by atoms with E-state index in [1.807, 2.05) is 0 Å². The summed E-state index contributed by atoms with van der Waals surface area (Å²) in [6, 6.07) is -0.0691. The number of alkyl halides is 5. The molecule has 0 radical (unpaired) electrons. The minimum Gasteiger partial charge on any atom is -0.258 e. The van der Waals surface area contributed by atoms with Gasteiger partial charge in [0.2, 0.25) is 5.69 Å². The van der Waals surface area contributed by atoms with Crippen molar-refractivity contribution in [2.45, 2.75) is 17.6 Å². The summed E-state index contributed by atoms with van der Waals surface area (Å²) in [5, 5.41) is 8.96. The van der Waals surface area contributed by atoms with E-state index in [0.29, 0.717) is 0 Å². The van der Waals surface area contributed by atoms with Crippen molar-refractivity contribution in [1.29, 1.82) is 0 Å². The first-order valence-corrected chi connectivity index (χ1v) is 6.66. The van der Waals surface area contributed by atoms with Gasteiger partial charge in [0, 0.05) is 10.7 Å². The largest absolute Gasteiger partial charge is 0.440 e. The lowest BCUT2D eigenvalue weighted by atomic mass is 10.1. The van der Waals surface area contributed by atoms with E-state index in [2.05, 4.69) is 4.98 Å². The molecule has 0 spiro atoms. The maximum atomic E-state index is 12.6. The summed E-state index contributed by atoms with van der Waals surface area (Å²) in [5.74, 6) is 0. The molecule has 0 unspecified atom stereocenters. The number of nitrogens with zero attached hydrogens (tertiary/aromatic N) is 2. The molecule has 0 saturated carbocycles. The van der Waals surface area contributed by atoms with Crippen LogP contribution < -0.4 is 0 Å². The van der Waals surface area contributed by atoms with Gasteiger partial charge >= 0.3 is 11.9 Å². The van der Waals surface area contributed by atoms with Crippen LogP contribution in [0, 0.1) is 10.1 Å². The highest BCUT2D eigenvalue weighted by Gasteiger charge is 2.44. The Labute approximate surface area is 111 Å². The average molecular weight is 341 g/mol. The van der Waals surface area contributed by atoms with Crippen molar-refractivity contribution in [3.63, 3.8) is 0 Å². The van der Waals surface area contributed by atoms with Crippen molar-refractivity contribution in [3.8, 4) is 0 Å². The zero-order valence-corrected chi connectivity index (χ0v) is 10.4. The molecule has 0 fully saturated rings. The van der Waals surface area contributed by atoms with E-state index in [4.69, 9.17) is 10.7 Å². The SMILES string of the molecule is O=[N+]([O-])c1c(C(F)F)cc(S(=O)(=O)Cl)nc1C(F)(F)F. The van der Waals surface area contributed by atoms with Gasteiger partial charge in [-0.3, -0.25) is 10.1 Å². The summed E-state index contributed by atoms with van der Waals surface area (Å²) < 4.78 is 84.7. The minimum atomic E-state index is -5.51. The molecule has 0 amide bonds. The monoisotopic (exact) mass is 340 g/mol. The zero-order valence-electron chi connectivity index (χ0n) is 8.86. The van der Waals surface area contributed by atoms with Gasteiger partial charge in [-0.1, -0.05) is 0 Å². The molecule has 0 aromatic carbocycles. The number of nitro groups is 1. The van der Waals surface area contributed by atoms with Gasteiger partial charge in [-0.25, -0.2) is 22.2 Å². The Balaban J connectivity index is 3.88. The van der Waals surface area contributed by atoms with E-state index in [1.165, 1.54) is 0 Å². The lowest BCUT2D eigenvalue weighted by molar-refractivity contribution is -0.390. The Hall–Kier alpha value is -1.56. The van der Waals surface area contributed by atoms with Crippen molar-refractivity contribution in [2.24, 2.45) is 0 Å². The number of pyridine rings is 1. The van der Waals surface area contributed by atoms with Gasteiger partial charge in [0.1, 0.15) is 5.56 Å². The van der Waals surface area contributed by atoms with Crippen LogP contribution >= 0.6 is 10.7 Å². The third kappa shape index (κ3) is 3.30. The van der Waals surface area contributed by atoms with Crippen molar-refractivity contribution < 1.29 is 35.3 Å². The van der Waals surface area contributed by atoms with Gasteiger partial charge in [-0.2, -0.15) is 13.2 Å². The average Bonchev–Trinajstić information content (AvgIpc) is 2.24. The lowest BCUT2D eigenvalue weighted by Gasteiger charge is -2.10. The Morgan fingerprint density at radius 2 is 1.85 bits per heavy atom. The molecule has 0 aliphatic rings. The Morgan fingerprint density at radius 3 is 2.15 bits per heavy atom. The zero-order chi connectivity index (χ0) is 15.9. The van der Waals surface area contributed by atoms with Gasteiger partial charge in [0.15, 0.2) is 5.03 Å². The molecule has 0 aliphatic heterocycles. The van der Waals surface area contributed by atoms with Crippen LogP contribution in [0.5, 0.6) is 0 Å². The smallest absolute Gasteiger partial charge is 0.258 e. The van der Waals surface area contributed by atoms with Crippen LogP contribution in [-0.4, -0.2) is 18.3 Å². The summed E-state index contributed by atoms with van der Waals surface area (Å²) in [4.78, 5) is 11.2. The number of aromatic nitrogens is 1. The molecule has 6 nitrogen and oxygen atoms in total. The molecule has 20 heavy (non-hydrogen) atoms. The van der Waals surface area contributed by atoms with E-state index >= 15 is 0 Å². The molecule has 1 aromatic rings. The molecule has 0 saturated heterocycles. The van der Waals surface area contributed by atoms with Gasteiger partial charge in [0.25, 0.3) is 15.5 Å². The van der Waals surface area contributed by atoms with Crippen molar-refractivity contribution in [1.82, 2.24) is 4.98 Å². The second-order valence-electron chi connectivity index (χ2n) is 3.24. The van der Waals surface area contributed by atoms with Crippen molar-refractivity contribution >= 4 is 25.4 Å².